The molecule has 5 aromatic rings. The summed E-state index contributed by atoms with van der Waals surface area (Å²) in [5, 5.41) is 0. The first-order valence-electron chi connectivity index (χ1n) is 38.3. The number of benzene rings is 5. The van der Waals surface area contributed by atoms with Crippen LogP contribution < -0.4 is 27.7 Å². The van der Waals surface area contributed by atoms with Gasteiger partial charge in [0.2, 0.25) is 0 Å². The van der Waals surface area contributed by atoms with Gasteiger partial charge in [-0.15, -0.1) is 0 Å². The van der Waals surface area contributed by atoms with E-state index in [4.69, 9.17) is 46.6 Å². The van der Waals surface area contributed by atoms with Gasteiger partial charge in [-0.1, -0.05) is 174 Å². The molecule has 0 spiro atoms. The molecule has 2 aliphatic heterocycles. The van der Waals surface area contributed by atoms with Crippen molar-refractivity contribution in [3.8, 4) is 16.9 Å². The summed E-state index contributed by atoms with van der Waals surface area (Å²) in [5.74, 6) is 6.11. The summed E-state index contributed by atoms with van der Waals surface area (Å²) in [7, 11) is 0. The molecular formula is C87H118N4O9. The molecule has 5 saturated carbocycles. The number of nitrogen functional groups attached to an aromatic ring is 4. The van der Waals surface area contributed by atoms with E-state index >= 15 is 0 Å². The number of hydrogen-bond donors (Lipinski definition) is 4. The van der Waals surface area contributed by atoms with Gasteiger partial charge in [0.25, 0.3) is 0 Å². The van der Waals surface area contributed by atoms with Gasteiger partial charge in [0, 0.05) is 66.0 Å². The minimum atomic E-state index is -0.423. The van der Waals surface area contributed by atoms with Gasteiger partial charge in [-0.3, -0.25) is 0 Å². The van der Waals surface area contributed by atoms with Gasteiger partial charge in [0.05, 0.1) is 24.3 Å². The van der Waals surface area contributed by atoms with Gasteiger partial charge in [0.15, 0.2) is 0 Å². The molecule has 11 atom stereocenters. The van der Waals surface area contributed by atoms with Crippen molar-refractivity contribution < 1.29 is 42.9 Å². The molecule has 0 bridgehead atoms. The third-order valence-corrected chi connectivity index (χ3v) is 24.8. The number of ether oxygens (including phenoxy) is 5. The Kier molecular flexibility index (Phi) is 25.5. The molecule has 13 nitrogen and oxygen atoms in total. The Morgan fingerprint density at radius 2 is 1.09 bits per heavy atom. The third-order valence-electron chi connectivity index (χ3n) is 24.8. The molecule has 540 valence electrons. The van der Waals surface area contributed by atoms with Crippen molar-refractivity contribution >= 4 is 46.6 Å². The zero-order valence-electron chi connectivity index (χ0n) is 61.4. The van der Waals surface area contributed by atoms with E-state index in [1.54, 1.807) is 36.4 Å². The molecule has 8 unspecified atom stereocenters. The number of nitrogens with two attached hydrogens (primary N) is 4. The number of anilines is 4. The maximum Gasteiger partial charge on any atom is 0.338 e. The minimum absolute atomic E-state index is 0.00107. The van der Waals surface area contributed by atoms with E-state index in [-0.39, 0.29) is 42.8 Å². The number of fused-ring (bicyclic) bond motifs is 5. The fourth-order valence-corrected chi connectivity index (χ4v) is 19.5. The lowest BCUT2D eigenvalue weighted by Gasteiger charge is -2.66. The molecule has 0 amide bonds. The number of cyclic esters (lactones) is 2. The Balaban J connectivity index is 0.000000165. The van der Waals surface area contributed by atoms with Crippen LogP contribution >= 0.6 is 0 Å². The number of rotatable bonds is 24. The van der Waals surface area contributed by atoms with Crippen molar-refractivity contribution in [1.82, 2.24) is 0 Å². The largest absolute Gasteiger partial charge is 0.493 e. The lowest BCUT2D eigenvalue weighted by molar-refractivity contribution is -0.176. The van der Waals surface area contributed by atoms with Crippen LogP contribution in [0.4, 0.5) is 22.7 Å². The predicted molar refractivity (Wildman–Crippen MR) is 404 cm³/mol. The molecule has 0 aromatic heterocycles. The molecule has 2 saturated heterocycles. The third kappa shape index (κ3) is 18.9. The first-order chi connectivity index (χ1) is 47.9. The van der Waals surface area contributed by atoms with E-state index < -0.39 is 5.97 Å². The van der Waals surface area contributed by atoms with Gasteiger partial charge in [-0.25, -0.2) is 19.2 Å². The van der Waals surface area contributed by atoms with Crippen LogP contribution in [-0.2, 0) is 41.4 Å². The van der Waals surface area contributed by atoms with Crippen molar-refractivity contribution in [2.75, 3.05) is 36.1 Å². The highest BCUT2D eigenvalue weighted by atomic mass is 16.6. The summed E-state index contributed by atoms with van der Waals surface area (Å²) in [4.78, 5) is 47.9. The smallest absolute Gasteiger partial charge is 0.338 e. The van der Waals surface area contributed by atoms with E-state index in [9.17, 15) is 19.2 Å². The Labute approximate surface area is 598 Å². The summed E-state index contributed by atoms with van der Waals surface area (Å²) in [6, 6.07) is 34.9. The van der Waals surface area contributed by atoms with Crippen LogP contribution in [0.25, 0.3) is 11.1 Å². The highest BCUT2D eigenvalue weighted by molar-refractivity contribution is 5.93. The Morgan fingerprint density at radius 3 is 1.63 bits per heavy atom. The molecule has 100 heavy (non-hydrogen) atoms. The van der Waals surface area contributed by atoms with Gasteiger partial charge in [-0.05, 0) is 223 Å². The monoisotopic (exact) mass is 1360 g/mol. The van der Waals surface area contributed by atoms with Crippen LogP contribution in [0.15, 0.2) is 133 Å². The van der Waals surface area contributed by atoms with Crippen molar-refractivity contribution in [2.24, 2.45) is 57.7 Å². The second-order valence-corrected chi connectivity index (χ2v) is 32.4. The quantitative estimate of drug-likeness (QED) is 0.0149. The van der Waals surface area contributed by atoms with E-state index in [0.717, 1.165) is 76.4 Å². The summed E-state index contributed by atoms with van der Waals surface area (Å²) in [5.41, 5.74) is 34.4. The van der Waals surface area contributed by atoms with Gasteiger partial charge in [-0.2, -0.15) is 0 Å². The van der Waals surface area contributed by atoms with Crippen molar-refractivity contribution in [1.29, 1.82) is 0 Å². The molecule has 13 heteroatoms. The summed E-state index contributed by atoms with van der Waals surface area (Å²) in [6.45, 7) is 25.8. The van der Waals surface area contributed by atoms with Crippen molar-refractivity contribution in [3.63, 3.8) is 0 Å². The highest BCUT2D eigenvalue weighted by Gasteiger charge is 2.65. The zero-order valence-corrected chi connectivity index (χ0v) is 61.4. The van der Waals surface area contributed by atoms with Gasteiger partial charge < -0.3 is 46.6 Å². The SMILES string of the molecule is C=C1CC(Cc2ccc(-c3ccc(CC4CC(=C)C(=O)O4)cc3)cc2)OC1=O.CC(C)CCCCC(C)C1CCC2[C@]3(C)CCC4CC(OC(=O)c5cc(N)cc(N)c5)CC[C@]4(C)C3CC[C@]12C.CCCCCC1CCC(c2ccc(OCCCOC(=O)c3cc(N)cc(N)c3)cc2)CC1. The minimum Gasteiger partial charge on any atom is -0.493 e. The topological polar surface area (TPSA) is 219 Å². The maximum atomic E-state index is 13.0. The second kappa shape index (κ2) is 34.0. The summed E-state index contributed by atoms with van der Waals surface area (Å²) >= 11 is 0. The van der Waals surface area contributed by atoms with Crippen LogP contribution in [-0.4, -0.2) is 55.4 Å². The Morgan fingerprint density at radius 1 is 0.560 bits per heavy atom. The Bertz CT molecular complexity index is 3440. The normalized spacial score (nSPS) is 27.8. The van der Waals surface area contributed by atoms with Crippen LogP contribution in [0, 0.1) is 57.7 Å². The zero-order chi connectivity index (χ0) is 71.3. The second-order valence-electron chi connectivity index (χ2n) is 32.4. The predicted octanol–water partition coefficient (Wildman–Crippen LogP) is 19.8. The van der Waals surface area contributed by atoms with E-state index in [0.29, 0.717) is 112 Å². The average Bonchev–Trinajstić information content (AvgIpc) is 1.34. The molecule has 8 N–H and O–H groups in total. The first-order valence-corrected chi connectivity index (χ1v) is 38.3. The molecule has 5 aliphatic carbocycles. The van der Waals surface area contributed by atoms with Crippen molar-refractivity contribution in [3.05, 3.63) is 161 Å². The molecule has 7 fully saturated rings. The van der Waals surface area contributed by atoms with E-state index in [2.05, 4.69) is 134 Å². The van der Waals surface area contributed by atoms with Crippen LogP contribution in [0.1, 0.15) is 246 Å². The molecular weight excluding hydrogens is 1240 g/mol. The number of hydrogen-bond acceptors (Lipinski definition) is 13. The lowest BCUT2D eigenvalue weighted by Crippen LogP contribution is -2.59. The maximum absolute atomic E-state index is 13.0. The van der Waals surface area contributed by atoms with Crippen LogP contribution in [0.5, 0.6) is 5.75 Å². The molecule has 2 heterocycles. The molecule has 12 rings (SSSR count). The fraction of sp³-hybridized carbons (Fsp3) is 0.563. The van der Waals surface area contributed by atoms with E-state index in [1.165, 1.54) is 128 Å². The van der Waals surface area contributed by atoms with Crippen LogP contribution in [0.2, 0.25) is 0 Å². The number of esters is 4. The van der Waals surface area contributed by atoms with Crippen LogP contribution in [0.3, 0.4) is 0 Å². The Hall–Kier alpha value is -7.54. The average molecular weight is 1360 g/mol. The number of carbonyl (C=O) groups is 4. The molecule has 0 radical (unpaired) electrons. The fourth-order valence-electron chi connectivity index (χ4n) is 19.5. The first kappa shape index (κ1) is 75.1. The summed E-state index contributed by atoms with van der Waals surface area (Å²) in [6.07, 6.45) is 30.9. The number of carbonyl (C=O) groups excluding carboxylic acids is 4. The van der Waals surface area contributed by atoms with Crippen molar-refractivity contribution in [2.45, 2.75) is 240 Å². The molecule has 7 aliphatic rings. The standard InChI is InChI=1S/C36H58N2O2.C27H38N2O3.C24H22O4/c1-23(2)9-7-8-10-24(3)30-11-12-31-35(30,5)18-15-32-34(4)17-14-29(21-26(34)13-16-36(31,32)6)40-33(39)25-19-27(37)22-28(38)20-25;1-2-3-4-6-20-7-9-21(10-8-20)22-11-13-26(14-12-22)31-15-5-16-32-27(30)23-17-24(28)19-25(29)18-23;1-15-11-21(27-23(15)25)13-17-3-7-19(8-4-17)20-9-5-18(6-10-20)14-22-12-16(2)24(26)28-22/h19-20,22-24,26,29-32H,7-18,21,37-38H2,1-6H3;11-14,17-21H,2-10,15-16,28-29H2,1H3;3-10,21-22H,1-2,11-14H2/t24?,26?,29?,30?,31?,32?,34-,35+,36-;;/m0../s1. The van der Waals surface area contributed by atoms with Gasteiger partial charge in [0.1, 0.15) is 24.1 Å². The lowest BCUT2D eigenvalue weighted by atomic mass is 9.39. The highest BCUT2D eigenvalue weighted by Crippen LogP contribution is 2.73. The summed E-state index contributed by atoms with van der Waals surface area (Å²) < 4.78 is 27.8. The van der Waals surface area contributed by atoms with E-state index in [1.807, 2.05) is 0 Å². The number of unbranched alkanes of at least 4 members (excludes halogenated alkanes) is 3. The molecule has 5 aromatic carbocycles. The van der Waals surface area contributed by atoms with Gasteiger partial charge >= 0.3 is 23.9 Å².